The molecule has 0 radical (unpaired) electrons. The lowest BCUT2D eigenvalue weighted by atomic mass is 10.1. The Morgan fingerprint density at radius 1 is 1.53 bits per heavy atom. The summed E-state index contributed by atoms with van der Waals surface area (Å²) in [5.41, 5.74) is 0. The van der Waals surface area contributed by atoms with Crippen LogP contribution < -0.4 is 5.32 Å². The summed E-state index contributed by atoms with van der Waals surface area (Å²) < 4.78 is 5.38. The average Bonchev–Trinajstić information content (AvgIpc) is 2.81. The van der Waals surface area contributed by atoms with Crippen molar-refractivity contribution in [2.45, 2.75) is 26.3 Å². The summed E-state index contributed by atoms with van der Waals surface area (Å²) in [7, 11) is 3.95. The predicted molar refractivity (Wildman–Crippen MR) is 67.6 cm³/mol. The van der Waals surface area contributed by atoms with Crippen LogP contribution in [0.4, 0.5) is 0 Å². The Morgan fingerprint density at radius 2 is 2.24 bits per heavy atom. The minimum absolute atomic E-state index is 0.0643. The van der Waals surface area contributed by atoms with Crippen molar-refractivity contribution in [3.05, 3.63) is 24.2 Å². The zero-order valence-corrected chi connectivity index (χ0v) is 11.1. The fraction of sp³-hybridized carbons (Fsp3) is 0.615. The Kier molecular flexibility index (Phi) is 5.22. The molecular formula is C13H22N2O2. The lowest BCUT2D eigenvalue weighted by Crippen LogP contribution is -2.36. The molecule has 4 nitrogen and oxygen atoms in total. The highest BCUT2D eigenvalue weighted by Gasteiger charge is 2.19. The number of rotatable bonds is 6. The molecule has 1 amide bonds. The molecule has 1 rings (SSSR count). The number of nitrogens with one attached hydrogen (secondary N) is 1. The summed E-state index contributed by atoms with van der Waals surface area (Å²) in [5, 5.41) is 2.96. The topological polar surface area (TPSA) is 45.5 Å². The van der Waals surface area contributed by atoms with Crippen LogP contribution in [0.15, 0.2) is 22.8 Å². The smallest absolute Gasteiger partial charge is 0.222 e. The van der Waals surface area contributed by atoms with Gasteiger partial charge < -0.3 is 9.73 Å². The maximum absolute atomic E-state index is 11.7. The van der Waals surface area contributed by atoms with Crippen LogP contribution in [0.3, 0.4) is 0 Å². The number of hydrogen-bond donors (Lipinski definition) is 1. The molecule has 0 saturated heterocycles. The van der Waals surface area contributed by atoms with Crippen LogP contribution in [-0.2, 0) is 4.79 Å². The van der Waals surface area contributed by atoms with E-state index in [0.717, 1.165) is 12.2 Å². The van der Waals surface area contributed by atoms with E-state index in [9.17, 15) is 4.79 Å². The summed E-state index contributed by atoms with van der Waals surface area (Å²) >= 11 is 0. The molecule has 1 aromatic heterocycles. The minimum Gasteiger partial charge on any atom is -0.468 e. The Balaban J connectivity index is 2.55. The summed E-state index contributed by atoms with van der Waals surface area (Å²) in [6, 6.07) is 3.88. The molecule has 0 bridgehead atoms. The highest BCUT2D eigenvalue weighted by Crippen LogP contribution is 2.17. The van der Waals surface area contributed by atoms with E-state index in [4.69, 9.17) is 4.42 Å². The molecule has 1 heterocycles. The Morgan fingerprint density at radius 3 is 2.71 bits per heavy atom. The van der Waals surface area contributed by atoms with Crippen molar-refractivity contribution in [2.24, 2.45) is 5.92 Å². The van der Waals surface area contributed by atoms with Gasteiger partial charge in [0.15, 0.2) is 0 Å². The second kappa shape index (κ2) is 6.45. The van der Waals surface area contributed by atoms with Crippen LogP contribution in [0, 0.1) is 5.92 Å². The van der Waals surface area contributed by atoms with Crippen LogP contribution in [0.2, 0.25) is 0 Å². The van der Waals surface area contributed by atoms with Crippen molar-refractivity contribution < 1.29 is 9.21 Å². The monoisotopic (exact) mass is 238 g/mol. The van der Waals surface area contributed by atoms with Crippen LogP contribution in [-0.4, -0.2) is 31.4 Å². The van der Waals surface area contributed by atoms with Crippen molar-refractivity contribution in [1.82, 2.24) is 10.2 Å². The number of carbonyl (C=O) groups is 1. The van der Waals surface area contributed by atoms with Gasteiger partial charge in [-0.1, -0.05) is 13.8 Å². The fourth-order valence-corrected chi connectivity index (χ4v) is 1.58. The fourth-order valence-electron chi connectivity index (χ4n) is 1.58. The molecule has 0 spiro atoms. The van der Waals surface area contributed by atoms with Gasteiger partial charge in [-0.3, -0.25) is 9.69 Å². The zero-order valence-electron chi connectivity index (χ0n) is 11.1. The molecule has 2 unspecified atom stereocenters. The van der Waals surface area contributed by atoms with Gasteiger partial charge in [-0.05, 0) is 32.6 Å². The average molecular weight is 238 g/mol. The normalized spacial score (nSPS) is 14.6. The first-order valence-corrected chi connectivity index (χ1v) is 6.03. The summed E-state index contributed by atoms with van der Waals surface area (Å²) in [6.07, 6.45) is 2.52. The van der Waals surface area contributed by atoms with E-state index in [-0.39, 0.29) is 17.9 Å². The Labute approximate surface area is 103 Å². The largest absolute Gasteiger partial charge is 0.468 e. The molecule has 96 valence electrons. The first-order valence-electron chi connectivity index (χ1n) is 6.03. The standard InChI is InChI=1S/C13H22N2O2/c1-5-10(2)13(16)14-9-11(15(3)4)12-7-6-8-17-12/h6-8,10-11H,5,9H2,1-4H3,(H,14,16). The van der Waals surface area contributed by atoms with Gasteiger partial charge in [-0.15, -0.1) is 0 Å². The SMILES string of the molecule is CCC(C)C(=O)NCC(c1ccco1)N(C)C. The van der Waals surface area contributed by atoms with Gasteiger partial charge in [0.25, 0.3) is 0 Å². The van der Waals surface area contributed by atoms with E-state index in [1.165, 1.54) is 0 Å². The second-order valence-corrected chi connectivity index (χ2v) is 4.55. The van der Waals surface area contributed by atoms with E-state index >= 15 is 0 Å². The summed E-state index contributed by atoms with van der Waals surface area (Å²) in [4.78, 5) is 13.7. The quantitative estimate of drug-likeness (QED) is 0.825. The predicted octanol–water partition coefficient (Wildman–Crippen LogP) is 2.04. The number of amides is 1. The van der Waals surface area contributed by atoms with E-state index in [1.807, 2.05) is 45.0 Å². The Bertz CT molecular complexity index is 333. The van der Waals surface area contributed by atoms with Crippen molar-refractivity contribution in [3.8, 4) is 0 Å². The van der Waals surface area contributed by atoms with Gasteiger partial charge in [0.1, 0.15) is 5.76 Å². The number of nitrogens with zero attached hydrogens (tertiary/aromatic N) is 1. The molecule has 2 atom stereocenters. The molecule has 4 heteroatoms. The van der Waals surface area contributed by atoms with Crippen LogP contribution in [0.5, 0.6) is 0 Å². The number of likely N-dealkylation sites (N-methyl/N-ethyl adjacent to an activating group) is 1. The van der Waals surface area contributed by atoms with Gasteiger partial charge in [0.05, 0.1) is 12.3 Å². The maximum Gasteiger partial charge on any atom is 0.222 e. The molecule has 0 saturated carbocycles. The van der Waals surface area contributed by atoms with Crippen LogP contribution in [0.25, 0.3) is 0 Å². The van der Waals surface area contributed by atoms with E-state index < -0.39 is 0 Å². The number of hydrogen-bond acceptors (Lipinski definition) is 3. The number of carbonyl (C=O) groups excluding carboxylic acids is 1. The molecule has 0 aliphatic rings. The Hall–Kier alpha value is -1.29. The van der Waals surface area contributed by atoms with Gasteiger partial charge in [-0.2, -0.15) is 0 Å². The van der Waals surface area contributed by atoms with Gasteiger partial charge in [0.2, 0.25) is 5.91 Å². The van der Waals surface area contributed by atoms with Gasteiger partial charge in [0, 0.05) is 12.5 Å². The van der Waals surface area contributed by atoms with Crippen molar-refractivity contribution in [3.63, 3.8) is 0 Å². The van der Waals surface area contributed by atoms with Crippen molar-refractivity contribution in [1.29, 1.82) is 0 Å². The molecule has 0 aromatic carbocycles. The van der Waals surface area contributed by atoms with Gasteiger partial charge in [-0.25, -0.2) is 0 Å². The first-order chi connectivity index (χ1) is 8.06. The molecular weight excluding hydrogens is 216 g/mol. The molecule has 0 fully saturated rings. The van der Waals surface area contributed by atoms with Crippen molar-refractivity contribution in [2.75, 3.05) is 20.6 Å². The third kappa shape index (κ3) is 3.89. The van der Waals surface area contributed by atoms with Crippen molar-refractivity contribution >= 4 is 5.91 Å². The highest BCUT2D eigenvalue weighted by molar-refractivity contribution is 5.78. The lowest BCUT2D eigenvalue weighted by Gasteiger charge is -2.23. The second-order valence-electron chi connectivity index (χ2n) is 4.55. The molecule has 1 aromatic rings. The maximum atomic E-state index is 11.7. The highest BCUT2D eigenvalue weighted by atomic mass is 16.3. The summed E-state index contributed by atoms with van der Waals surface area (Å²) in [5.74, 6) is 1.04. The number of furan rings is 1. The van der Waals surface area contributed by atoms with E-state index in [1.54, 1.807) is 6.26 Å². The van der Waals surface area contributed by atoms with E-state index in [0.29, 0.717) is 6.54 Å². The molecule has 0 aliphatic carbocycles. The zero-order chi connectivity index (χ0) is 12.8. The van der Waals surface area contributed by atoms with Gasteiger partial charge >= 0.3 is 0 Å². The molecule has 1 N–H and O–H groups in total. The third-order valence-corrected chi connectivity index (χ3v) is 3.02. The molecule has 17 heavy (non-hydrogen) atoms. The first kappa shape index (κ1) is 13.8. The van der Waals surface area contributed by atoms with Crippen LogP contribution in [0.1, 0.15) is 32.1 Å². The minimum atomic E-state index is 0.0643. The molecule has 0 aliphatic heterocycles. The van der Waals surface area contributed by atoms with Crippen LogP contribution >= 0.6 is 0 Å². The lowest BCUT2D eigenvalue weighted by molar-refractivity contribution is -0.124. The van der Waals surface area contributed by atoms with E-state index in [2.05, 4.69) is 5.32 Å². The third-order valence-electron chi connectivity index (χ3n) is 3.02. The summed E-state index contributed by atoms with van der Waals surface area (Å²) in [6.45, 7) is 4.52.